The van der Waals surface area contributed by atoms with Gasteiger partial charge in [-0.05, 0) is 12.2 Å². The number of hydrogen-bond donors (Lipinski definition) is 1. The number of nitrogens with two attached hydrogens (primary N) is 1. The largest absolute Gasteiger partial charge is 0.465 e. The predicted molar refractivity (Wildman–Crippen MR) is 55.5 cm³/mol. The number of carbonyl (C=O) groups excluding carboxylic acids is 1. The number of ether oxygens (including phenoxy) is 1. The molecule has 14 heavy (non-hydrogen) atoms. The van der Waals surface area contributed by atoms with Crippen LogP contribution < -0.4 is 5.73 Å². The molecule has 0 spiro atoms. The van der Waals surface area contributed by atoms with Crippen LogP contribution in [0.4, 0.5) is 0 Å². The predicted octanol–water partition coefficient (Wildman–Crippen LogP) is 1.10. The fourth-order valence-electron chi connectivity index (χ4n) is 1.00. The molecule has 0 aromatic heterocycles. The maximum absolute atomic E-state index is 11.2. The van der Waals surface area contributed by atoms with E-state index in [4.69, 9.17) is 5.73 Å². The van der Waals surface area contributed by atoms with E-state index in [1.54, 1.807) is 24.3 Å². The smallest absolute Gasteiger partial charge is 0.337 e. The van der Waals surface area contributed by atoms with Gasteiger partial charge < -0.3 is 10.5 Å². The van der Waals surface area contributed by atoms with E-state index in [0.717, 1.165) is 0 Å². The Kier molecular flexibility index (Phi) is 3.88. The molecule has 0 saturated heterocycles. The molecule has 3 heteroatoms. The molecule has 0 aromatic rings. The van der Waals surface area contributed by atoms with Gasteiger partial charge in [-0.3, -0.25) is 0 Å². The van der Waals surface area contributed by atoms with Gasteiger partial charge in [-0.15, -0.1) is 0 Å². The summed E-state index contributed by atoms with van der Waals surface area (Å²) in [6.07, 6.45) is 12.3. The molecule has 0 saturated carbocycles. The van der Waals surface area contributed by atoms with Gasteiger partial charge in [-0.25, -0.2) is 4.79 Å². The second-order valence-corrected chi connectivity index (χ2v) is 2.82. The number of methoxy groups -OCH3 is 1. The highest BCUT2D eigenvalue weighted by molar-refractivity contribution is 5.91. The van der Waals surface area contributed by atoms with Crippen LogP contribution in [0, 0.1) is 0 Å². The fourth-order valence-corrected chi connectivity index (χ4v) is 1.00. The number of rotatable bonds is 1. The summed E-state index contributed by atoms with van der Waals surface area (Å²) in [6.45, 7) is 0. The van der Waals surface area contributed by atoms with Crippen LogP contribution in [0.1, 0.15) is 0 Å². The first-order valence-electron chi connectivity index (χ1n) is 4.31. The lowest BCUT2D eigenvalue weighted by Crippen LogP contribution is -2.13. The molecule has 0 bridgehead atoms. The van der Waals surface area contributed by atoms with Gasteiger partial charge in [-0.1, -0.05) is 30.4 Å². The molecule has 0 fully saturated rings. The Morgan fingerprint density at radius 3 is 2.86 bits per heavy atom. The highest BCUT2D eigenvalue weighted by atomic mass is 16.5. The Morgan fingerprint density at radius 2 is 2.14 bits per heavy atom. The molecule has 1 aliphatic carbocycles. The van der Waals surface area contributed by atoms with E-state index in [0.29, 0.717) is 5.57 Å². The van der Waals surface area contributed by atoms with Crippen molar-refractivity contribution in [3.05, 3.63) is 48.1 Å². The van der Waals surface area contributed by atoms with Crippen molar-refractivity contribution in [1.29, 1.82) is 0 Å². The van der Waals surface area contributed by atoms with E-state index in [9.17, 15) is 4.79 Å². The Morgan fingerprint density at radius 1 is 1.36 bits per heavy atom. The Hall–Kier alpha value is -1.61. The second kappa shape index (κ2) is 5.19. The lowest BCUT2D eigenvalue weighted by molar-refractivity contribution is -0.135. The average molecular weight is 191 g/mol. The van der Waals surface area contributed by atoms with Gasteiger partial charge in [-0.2, -0.15) is 0 Å². The number of allylic oxidation sites excluding steroid dienone is 4. The van der Waals surface area contributed by atoms with Crippen LogP contribution in [0.3, 0.4) is 0 Å². The topological polar surface area (TPSA) is 52.3 Å². The van der Waals surface area contributed by atoms with E-state index in [1.165, 1.54) is 7.11 Å². The molecular weight excluding hydrogens is 178 g/mol. The van der Waals surface area contributed by atoms with Crippen LogP contribution >= 0.6 is 0 Å². The number of hydrogen-bond acceptors (Lipinski definition) is 3. The zero-order valence-corrected chi connectivity index (χ0v) is 8.01. The fraction of sp³-hybridized carbons (Fsp3) is 0.182. The highest BCUT2D eigenvalue weighted by Gasteiger charge is 2.04. The maximum Gasteiger partial charge on any atom is 0.337 e. The van der Waals surface area contributed by atoms with E-state index in [-0.39, 0.29) is 12.0 Å². The lowest BCUT2D eigenvalue weighted by Gasteiger charge is -1.99. The van der Waals surface area contributed by atoms with Gasteiger partial charge in [0.1, 0.15) is 0 Å². The van der Waals surface area contributed by atoms with Crippen molar-refractivity contribution in [2.45, 2.75) is 6.04 Å². The summed E-state index contributed by atoms with van der Waals surface area (Å²) in [7, 11) is 1.35. The molecule has 0 heterocycles. The molecule has 74 valence electrons. The van der Waals surface area contributed by atoms with Gasteiger partial charge in [0.15, 0.2) is 0 Å². The van der Waals surface area contributed by atoms with Crippen LogP contribution in [0.5, 0.6) is 0 Å². The van der Waals surface area contributed by atoms with Crippen molar-refractivity contribution in [3.63, 3.8) is 0 Å². The van der Waals surface area contributed by atoms with Gasteiger partial charge in [0.05, 0.1) is 12.7 Å². The zero-order valence-electron chi connectivity index (χ0n) is 8.01. The van der Waals surface area contributed by atoms with Crippen molar-refractivity contribution in [2.24, 2.45) is 5.73 Å². The minimum atomic E-state index is -0.361. The van der Waals surface area contributed by atoms with E-state index >= 15 is 0 Å². The first kappa shape index (κ1) is 10.5. The summed E-state index contributed by atoms with van der Waals surface area (Å²) in [4.78, 5) is 11.2. The molecule has 1 rings (SSSR count). The maximum atomic E-state index is 11.2. The van der Waals surface area contributed by atoms with Crippen LogP contribution in [0.25, 0.3) is 0 Å². The Balaban J connectivity index is 2.90. The van der Waals surface area contributed by atoms with E-state index < -0.39 is 0 Å². The third-order valence-corrected chi connectivity index (χ3v) is 1.75. The summed E-state index contributed by atoms with van der Waals surface area (Å²) in [5.74, 6) is -0.361. The normalized spacial score (nSPS) is 29.0. The molecule has 0 aliphatic heterocycles. The third kappa shape index (κ3) is 3.03. The molecule has 1 aliphatic rings. The quantitative estimate of drug-likeness (QED) is 0.631. The first-order chi connectivity index (χ1) is 6.74. The Bertz CT molecular complexity index is 324. The molecular formula is C11H13NO2. The molecule has 1 atom stereocenters. The summed E-state index contributed by atoms with van der Waals surface area (Å²) in [6, 6.07) is -0.175. The van der Waals surface area contributed by atoms with E-state index in [2.05, 4.69) is 4.74 Å². The van der Waals surface area contributed by atoms with Crippen molar-refractivity contribution >= 4 is 5.97 Å². The molecule has 1 unspecified atom stereocenters. The molecule has 3 nitrogen and oxygen atoms in total. The monoisotopic (exact) mass is 191 g/mol. The van der Waals surface area contributed by atoms with Crippen molar-refractivity contribution < 1.29 is 9.53 Å². The minimum absolute atomic E-state index is 0.175. The summed E-state index contributed by atoms with van der Waals surface area (Å²) < 4.78 is 4.61. The Labute approximate surface area is 83.2 Å². The molecule has 0 radical (unpaired) electrons. The average Bonchev–Trinajstić information content (AvgIpc) is 2.29. The van der Waals surface area contributed by atoms with Crippen LogP contribution in [0.2, 0.25) is 0 Å². The zero-order chi connectivity index (χ0) is 10.4. The third-order valence-electron chi connectivity index (χ3n) is 1.75. The summed E-state index contributed by atoms with van der Waals surface area (Å²) in [5, 5.41) is 0. The van der Waals surface area contributed by atoms with Crippen molar-refractivity contribution in [3.8, 4) is 0 Å². The standard InChI is InChI=1S/C11H13NO2/c1-14-11(13)9-5-3-2-4-6-10(12)8-7-9/h2-8,10H,12H2,1H3/b3-2-,6-4-,8-7?,9-5+. The van der Waals surface area contributed by atoms with E-state index in [1.807, 2.05) is 18.2 Å². The lowest BCUT2D eigenvalue weighted by atomic mass is 10.2. The second-order valence-electron chi connectivity index (χ2n) is 2.82. The van der Waals surface area contributed by atoms with Crippen molar-refractivity contribution in [1.82, 2.24) is 0 Å². The number of esters is 1. The van der Waals surface area contributed by atoms with Crippen LogP contribution in [-0.2, 0) is 9.53 Å². The van der Waals surface area contributed by atoms with Gasteiger partial charge in [0.25, 0.3) is 0 Å². The minimum Gasteiger partial charge on any atom is -0.465 e. The first-order valence-corrected chi connectivity index (χ1v) is 4.31. The number of carbonyl (C=O) groups is 1. The summed E-state index contributed by atoms with van der Waals surface area (Å²) in [5.41, 5.74) is 6.18. The SMILES string of the molecule is COC(=O)/C1=C/C=C\C=C/C(N)C=C1. The van der Waals surface area contributed by atoms with Gasteiger partial charge in [0, 0.05) is 6.04 Å². The summed E-state index contributed by atoms with van der Waals surface area (Å²) >= 11 is 0. The molecule has 2 N–H and O–H groups in total. The van der Waals surface area contributed by atoms with Gasteiger partial charge >= 0.3 is 5.97 Å². The van der Waals surface area contributed by atoms with Gasteiger partial charge in [0.2, 0.25) is 0 Å². The van der Waals surface area contributed by atoms with Crippen molar-refractivity contribution in [2.75, 3.05) is 7.11 Å². The highest BCUT2D eigenvalue weighted by Crippen LogP contribution is 2.03. The van der Waals surface area contributed by atoms with Crippen LogP contribution in [-0.4, -0.2) is 19.1 Å². The molecule has 0 aromatic carbocycles. The molecule has 0 amide bonds. The van der Waals surface area contributed by atoms with Crippen LogP contribution in [0.15, 0.2) is 48.1 Å².